The van der Waals surface area contributed by atoms with E-state index in [1.807, 2.05) is 19.0 Å². The van der Waals surface area contributed by atoms with Gasteiger partial charge in [-0.05, 0) is 78.4 Å². The summed E-state index contributed by atoms with van der Waals surface area (Å²) in [5, 5.41) is 3.17. The van der Waals surface area contributed by atoms with Crippen LogP contribution in [0.3, 0.4) is 0 Å². The van der Waals surface area contributed by atoms with Gasteiger partial charge in [-0.1, -0.05) is 19.1 Å². The van der Waals surface area contributed by atoms with E-state index in [0.717, 1.165) is 38.0 Å². The predicted molar refractivity (Wildman–Crippen MR) is 104 cm³/mol. The third-order valence-electron chi connectivity index (χ3n) is 5.72. The van der Waals surface area contributed by atoms with Crippen molar-refractivity contribution in [2.45, 2.75) is 31.3 Å². The highest BCUT2D eigenvalue weighted by molar-refractivity contribution is 5.83. The van der Waals surface area contributed by atoms with Crippen LogP contribution in [0.25, 0.3) is 0 Å². The average molecular weight is 365 g/mol. The summed E-state index contributed by atoms with van der Waals surface area (Å²) in [5.74, 6) is -0.332. The zero-order valence-electron chi connectivity index (χ0n) is 16.8. The molecule has 6 heteroatoms. The number of likely N-dealkylation sites (tertiary alicyclic amines) is 1. The molecule has 1 atom stereocenters. The second-order valence-electron chi connectivity index (χ2n) is 7.69. The Morgan fingerprint density at radius 3 is 2.23 bits per heavy atom. The van der Waals surface area contributed by atoms with Crippen molar-refractivity contribution in [3.05, 3.63) is 35.6 Å². The van der Waals surface area contributed by atoms with E-state index < -0.39 is 6.04 Å². The number of nitrogens with one attached hydrogen (secondary N) is 1. The molecule has 1 saturated heterocycles. The van der Waals surface area contributed by atoms with Crippen LogP contribution < -0.4 is 5.32 Å². The number of amides is 1. The molecule has 1 N–H and O–H groups in total. The van der Waals surface area contributed by atoms with Gasteiger partial charge in [-0.2, -0.15) is 0 Å². The van der Waals surface area contributed by atoms with Gasteiger partial charge in [0.05, 0.1) is 0 Å². The SMILES string of the molecule is CCN1CCC(CNC(=O)C(c2ccc(F)cc2)N(C)C)(N(C)C)CC1. The van der Waals surface area contributed by atoms with Gasteiger partial charge in [-0.25, -0.2) is 4.39 Å². The molecule has 0 saturated carbocycles. The van der Waals surface area contributed by atoms with Gasteiger partial charge in [0.1, 0.15) is 11.9 Å². The lowest BCUT2D eigenvalue weighted by atomic mass is 9.86. The number of benzene rings is 1. The Kier molecular flexibility index (Phi) is 7.15. The maximum atomic E-state index is 13.2. The molecule has 0 aromatic heterocycles. The molecule has 2 rings (SSSR count). The lowest BCUT2D eigenvalue weighted by Gasteiger charge is -2.46. The summed E-state index contributed by atoms with van der Waals surface area (Å²) in [6.07, 6.45) is 2.08. The van der Waals surface area contributed by atoms with E-state index in [1.165, 1.54) is 12.1 Å². The summed E-state index contributed by atoms with van der Waals surface area (Å²) >= 11 is 0. The normalized spacial score (nSPS) is 18.9. The minimum atomic E-state index is -0.425. The first-order valence-electron chi connectivity index (χ1n) is 9.38. The summed E-state index contributed by atoms with van der Waals surface area (Å²) in [5.41, 5.74) is 0.787. The van der Waals surface area contributed by atoms with Gasteiger partial charge < -0.3 is 15.1 Å². The molecule has 0 spiro atoms. The van der Waals surface area contributed by atoms with Crippen molar-refractivity contribution >= 4 is 5.91 Å². The number of piperidine rings is 1. The lowest BCUT2D eigenvalue weighted by molar-refractivity contribution is -0.126. The van der Waals surface area contributed by atoms with Crippen molar-refractivity contribution in [2.75, 3.05) is 54.4 Å². The lowest BCUT2D eigenvalue weighted by Crippen LogP contribution is -2.59. The third-order valence-corrected chi connectivity index (χ3v) is 5.72. The number of rotatable bonds is 7. The fourth-order valence-electron chi connectivity index (χ4n) is 3.75. The fraction of sp³-hybridized carbons (Fsp3) is 0.650. The second kappa shape index (κ2) is 8.93. The summed E-state index contributed by atoms with van der Waals surface area (Å²) in [4.78, 5) is 19.5. The van der Waals surface area contributed by atoms with Crippen molar-refractivity contribution in [1.82, 2.24) is 20.0 Å². The summed E-state index contributed by atoms with van der Waals surface area (Å²) in [6.45, 7) is 6.00. The number of carbonyl (C=O) groups is 1. The molecule has 0 radical (unpaired) electrons. The number of carbonyl (C=O) groups excluding carboxylic acids is 1. The van der Waals surface area contributed by atoms with E-state index in [0.29, 0.717) is 6.54 Å². The van der Waals surface area contributed by atoms with Gasteiger partial charge >= 0.3 is 0 Å². The van der Waals surface area contributed by atoms with E-state index in [9.17, 15) is 9.18 Å². The van der Waals surface area contributed by atoms with E-state index in [2.05, 4.69) is 36.1 Å². The molecule has 1 unspecified atom stereocenters. The van der Waals surface area contributed by atoms with Gasteiger partial charge in [0.25, 0.3) is 0 Å². The van der Waals surface area contributed by atoms with Crippen LogP contribution in [0.15, 0.2) is 24.3 Å². The highest BCUT2D eigenvalue weighted by Gasteiger charge is 2.37. The molecule has 5 nitrogen and oxygen atoms in total. The Hall–Kier alpha value is -1.50. The van der Waals surface area contributed by atoms with Crippen LogP contribution in [0.4, 0.5) is 4.39 Å². The van der Waals surface area contributed by atoms with Gasteiger partial charge in [-0.3, -0.25) is 9.69 Å². The maximum absolute atomic E-state index is 13.2. The van der Waals surface area contributed by atoms with Crippen LogP contribution in [0.1, 0.15) is 31.4 Å². The van der Waals surface area contributed by atoms with Crippen LogP contribution >= 0.6 is 0 Å². The van der Waals surface area contributed by atoms with E-state index in [1.54, 1.807) is 12.1 Å². The molecule has 1 aliphatic rings. The first kappa shape index (κ1) is 20.8. The summed E-state index contributed by atoms with van der Waals surface area (Å²) in [6, 6.07) is 5.75. The van der Waals surface area contributed by atoms with E-state index in [-0.39, 0.29) is 17.3 Å². The third kappa shape index (κ3) is 4.81. The molecule has 26 heavy (non-hydrogen) atoms. The van der Waals surface area contributed by atoms with Gasteiger partial charge in [-0.15, -0.1) is 0 Å². The van der Waals surface area contributed by atoms with Gasteiger partial charge in [0.2, 0.25) is 5.91 Å². The Labute approximate surface area is 157 Å². The number of halogens is 1. The van der Waals surface area contributed by atoms with Crippen LogP contribution in [-0.2, 0) is 4.79 Å². The molecule has 1 fully saturated rings. The average Bonchev–Trinajstić information content (AvgIpc) is 2.61. The molecule has 1 amide bonds. The highest BCUT2D eigenvalue weighted by atomic mass is 19.1. The zero-order valence-corrected chi connectivity index (χ0v) is 16.8. The number of hydrogen-bond donors (Lipinski definition) is 1. The quantitative estimate of drug-likeness (QED) is 0.803. The minimum Gasteiger partial charge on any atom is -0.353 e. The number of likely N-dealkylation sites (N-methyl/N-ethyl adjacent to an activating group) is 2. The van der Waals surface area contributed by atoms with Crippen LogP contribution in [0.2, 0.25) is 0 Å². The Morgan fingerprint density at radius 1 is 1.19 bits per heavy atom. The molecular formula is C20H33FN4O. The largest absolute Gasteiger partial charge is 0.353 e. The first-order chi connectivity index (χ1) is 12.3. The second-order valence-corrected chi connectivity index (χ2v) is 7.69. The van der Waals surface area contributed by atoms with Crippen LogP contribution in [0, 0.1) is 5.82 Å². The number of nitrogens with zero attached hydrogens (tertiary/aromatic N) is 3. The Morgan fingerprint density at radius 2 is 1.77 bits per heavy atom. The molecule has 1 heterocycles. The first-order valence-corrected chi connectivity index (χ1v) is 9.38. The molecular weight excluding hydrogens is 331 g/mol. The van der Waals surface area contributed by atoms with Crippen molar-refractivity contribution < 1.29 is 9.18 Å². The van der Waals surface area contributed by atoms with Crippen LogP contribution in [-0.4, -0.2) is 80.5 Å². The molecule has 1 aromatic carbocycles. The zero-order chi connectivity index (χ0) is 19.3. The molecule has 1 aromatic rings. The topological polar surface area (TPSA) is 38.8 Å². The van der Waals surface area contributed by atoms with Gasteiger partial charge in [0.15, 0.2) is 0 Å². The van der Waals surface area contributed by atoms with Gasteiger partial charge in [0, 0.05) is 12.1 Å². The smallest absolute Gasteiger partial charge is 0.242 e. The van der Waals surface area contributed by atoms with E-state index >= 15 is 0 Å². The Bertz CT molecular complexity index is 580. The number of hydrogen-bond acceptors (Lipinski definition) is 4. The van der Waals surface area contributed by atoms with E-state index in [4.69, 9.17) is 0 Å². The van der Waals surface area contributed by atoms with Crippen LogP contribution in [0.5, 0.6) is 0 Å². The predicted octanol–water partition coefficient (Wildman–Crippen LogP) is 1.96. The van der Waals surface area contributed by atoms with Crippen molar-refractivity contribution in [3.8, 4) is 0 Å². The van der Waals surface area contributed by atoms with Crippen molar-refractivity contribution in [3.63, 3.8) is 0 Å². The highest BCUT2D eigenvalue weighted by Crippen LogP contribution is 2.27. The minimum absolute atomic E-state index is 0.0129. The monoisotopic (exact) mass is 364 g/mol. The molecule has 1 aliphatic heterocycles. The fourth-order valence-corrected chi connectivity index (χ4v) is 3.75. The Balaban J connectivity index is 2.07. The summed E-state index contributed by atoms with van der Waals surface area (Å²) < 4.78 is 13.2. The van der Waals surface area contributed by atoms with Crippen molar-refractivity contribution in [2.24, 2.45) is 0 Å². The van der Waals surface area contributed by atoms with Crippen molar-refractivity contribution in [1.29, 1.82) is 0 Å². The standard InChI is InChI=1S/C20H33FN4O/c1-6-25-13-11-20(12-14-25,24(4)5)15-22-19(26)18(23(2)3)16-7-9-17(21)10-8-16/h7-10,18H,6,11-15H2,1-5H3,(H,22,26). The molecule has 0 aliphatic carbocycles. The molecule has 146 valence electrons. The maximum Gasteiger partial charge on any atom is 0.242 e. The summed E-state index contributed by atoms with van der Waals surface area (Å²) in [7, 11) is 7.93. The molecule has 0 bridgehead atoms.